The summed E-state index contributed by atoms with van der Waals surface area (Å²) in [5, 5.41) is 2.74. The standard InChI is InChI=1S/C14H16N2O3/c1-14(2,3)13(19)15-8-5-6-9-10(7-8)12(18)16(4)11(9)17/h5-7H,1-4H3,(H,15,19). The second-order valence-electron chi connectivity index (χ2n) is 5.63. The Hall–Kier alpha value is -2.17. The second-order valence-corrected chi connectivity index (χ2v) is 5.63. The highest BCUT2D eigenvalue weighted by Gasteiger charge is 2.33. The fourth-order valence-corrected chi connectivity index (χ4v) is 1.76. The maximum Gasteiger partial charge on any atom is 0.261 e. The van der Waals surface area contributed by atoms with Crippen LogP contribution in [-0.4, -0.2) is 29.7 Å². The monoisotopic (exact) mass is 260 g/mol. The minimum absolute atomic E-state index is 0.141. The number of amides is 3. The van der Waals surface area contributed by atoms with Gasteiger partial charge in [0.25, 0.3) is 11.8 Å². The van der Waals surface area contributed by atoms with Gasteiger partial charge in [0.2, 0.25) is 5.91 Å². The quantitative estimate of drug-likeness (QED) is 0.784. The highest BCUT2D eigenvalue weighted by Crippen LogP contribution is 2.25. The zero-order chi connectivity index (χ0) is 14.4. The molecule has 0 bridgehead atoms. The van der Waals surface area contributed by atoms with Gasteiger partial charge in [-0.2, -0.15) is 0 Å². The number of fused-ring (bicyclic) bond motifs is 1. The van der Waals surface area contributed by atoms with Crippen LogP contribution in [0.15, 0.2) is 18.2 Å². The maximum atomic E-state index is 11.9. The molecule has 3 amide bonds. The van der Waals surface area contributed by atoms with Gasteiger partial charge in [0.1, 0.15) is 0 Å². The van der Waals surface area contributed by atoms with Crippen molar-refractivity contribution in [3.8, 4) is 0 Å². The van der Waals surface area contributed by atoms with Gasteiger partial charge in [-0.15, -0.1) is 0 Å². The minimum Gasteiger partial charge on any atom is -0.326 e. The van der Waals surface area contributed by atoms with Crippen molar-refractivity contribution in [3.63, 3.8) is 0 Å². The number of hydrogen-bond acceptors (Lipinski definition) is 3. The molecule has 1 N–H and O–H groups in total. The largest absolute Gasteiger partial charge is 0.326 e. The van der Waals surface area contributed by atoms with E-state index in [1.807, 2.05) is 0 Å². The van der Waals surface area contributed by atoms with Gasteiger partial charge in [0, 0.05) is 18.2 Å². The first-order valence-electron chi connectivity index (χ1n) is 5.99. The molecule has 0 aliphatic carbocycles. The number of anilines is 1. The summed E-state index contributed by atoms with van der Waals surface area (Å²) in [5.74, 6) is -0.793. The highest BCUT2D eigenvalue weighted by molar-refractivity contribution is 6.21. The van der Waals surface area contributed by atoms with Crippen molar-refractivity contribution in [3.05, 3.63) is 29.3 Å². The highest BCUT2D eigenvalue weighted by atomic mass is 16.2. The zero-order valence-electron chi connectivity index (χ0n) is 11.4. The van der Waals surface area contributed by atoms with E-state index in [4.69, 9.17) is 0 Å². The van der Waals surface area contributed by atoms with Gasteiger partial charge in [-0.05, 0) is 18.2 Å². The fraction of sp³-hybridized carbons (Fsp3) is 0.357. The second kappa shape index (κ2) is 4.19. The molecule has 100 valence electrons. The van der Waals surface area contributed by atoms with Crippen LogP contribution in [0.5, 0.6) is 0 Å². The van der Waals surface area contributed by atoms with Crippen LogP contribution < -0.4 is 5.32 Å². The molecule has 19 heavy (non-hydrogen) atoms. The van der Waals surface area contributed by atoms with Gasteiger partial charge in [-0.25, -0.2) is 0 Å². The van der Waals surface area contributed by atoms with Crippen LogP contribution in [0.2, 0.25) is 0 Å². The first-order chi connectivity index (χ1) is 8.71. The number of nitrogens with one attached hydrogen (secondary N) is 1. The molecule has 0 spiro atoms. The number of carbonyl (C=O) groups is 3. The third-order valence-corrected chi connectivity index (χ3v) is 3.03. The van der Waals surface area contributed by atoms with Crippen molar-refractivity contribution in [2.75, 3.05) is 12.4 Å². The van der Waals surface area contributed by atoms with Crippen LogP contribution in [0.25, 0.3) is 0 Å². The van der Waals surface area contributed by atoms with Crippen LogP contribution in [0, 0.1) is 5.41 Å². The summed E-state index contributed by atoms with van der Waals surface area (Å²) in [6.07, 6.45) is 0. The molecule has 1 aliphatic heterocycles. The number of rotatable bonds is 1. The Morgan fingerprint density at radius 1 is 1.11 bits per heavy atom. The molecule has 0 saturated heterocycles. The number of imide groups is 1. The summed E-state index contributed by atoms with van der Waals surface area (Å²) in [4.78, 5) is 36.5. The molecule has 1 aliphatic rings. The van der Waals surface area contributed by atoms with E-state index in [0.717, 1.165) is 4.90 Å². The van der Waals surface area contributed by atoms with Crippen molar-refractivity contribution in [1.29, 1.82) is 0 Å². The van der Waals surface area contributed by atoms with Crippen molar-refractivity contribution >= 4 is 23.4 Å². The van der Waals surface area contributed by atoms with Gasteiger partial charge in [-0.1, -0.05) is 20.8 Å². The lowest BCUT2D eigenvalue weighted by molar-refractivity contribution is -0.123. The first-order valence-corrected chi connectivity index (χ1v) is 5.99. The Bertz CT molecular complexity index is 585. The summed E-state index contributed by atoms with van der Waals surface area (Å²) in [6, 6.07) is 4.74. The van der Waals surface area contributed by atoms with E-state index in [1.165, 1.54) is 7.05 Å². The third-order valence-electron chi connectivity index (χ3n) is 3.03. The lowest BCUT2D eigenvalue weighted by Gasteiger charge is -2.17. The average Bonchev–Trinajstić information content (AvgIpc) is 2.53. The molecule has 0 aromatic heterocycles. The SMILES string of the molecule is CN1C(=O)c2ccc(NC(=O)C(C)(C)C)cc2C1=O. The number of carbonyl (C=O) groups excluding carboxylic acids is 3. The van der Waals surface area contributed by atoms with Gasteiger partial charge in [-0.3, -0.25) is 19.3 Å². The fourth-order valence-electron chi connectivity index (χ4n) is 1.76. The summed E-state index contributed by atoms with van der Waals surface area (Å²) >= 11 is 0. The van der Waals surface area contributed by atoms with Gasteiger partial charge < -0.3 is 5.32 Å². The predicted octanol–water partition coefficient (Wildman–Crippen LogP) is 1.90. The van der Waals surface area contributed by atoms with Gasteiger partial charge in [0.05, 0.1) is 11.1 Å². The molecule has 0 fully saturated rings. The molecule has 1 heterocycles. The Morgan fingerprint density at radius 3 is 2.26 bits per heavy atom. The molecule has 0 unspecified atom stereocenters. The molecular formula is C14H16N2O3. The van der Waals surface area contributed by atoms with E-state index in [-0.39, 0.29) is 17.7 Å². The van der Waals surface area contributed by atoms with Crippen LogP contribution in [0.4, 0.5) is 5.69 Å². The molecular weight excluding hydrogens is 244 g/mol. The molecule has 0 radical (unpaired) electrons. The molecule has 5 heteroatoms. The Balaban J connectivity index is 2.32. The van der Waals surface area contributed by atoms with E-state index >= 15 is 0 Å². The molecule has 5 nitrogen and oxygen atoms in total. The summed E-state index contributed by atoms with van der Waals surface area (Å²) in [5.41, 5.74) is 0.714. The Kier molecular flexibility index (Phi) is 2.92. The summed E-state index contributed by atoms with van der Waals surface area (Å²) in [7, 11) is 1.44. The van der Waals surface area contributed by atoms with E-state index in [0.29, 0.717) is 16.8 Å². The lowest BCUT2D eigenvalue weighted by atomic mass is 9.95. The van der Waals surface area contributed by atoms with Crippen molar-refractivity contribution in [2.45, 2.75) is 20.8 Å². The molecule has 0 atom stereocenters. The van der Waals surface area contributed by atoms with Gasteiger partial charge in [0.15, 0.2) is 0 Å². The minimum atomic E-state index is -0.518. The molecule has 1 aromatic carbocycles. The van der Waals surface area contributed by atoms with Crippen molar-refractivity contribution < 1.29 is 14.4 Å². The summed E-state index contributed by atoms with van der Waals surface area (Å²) < 4.78 is 0. The van der Waals surface area contributed by atoms with Crippen LogP contribution >= 0.6 is 0 Å². The van der Waals surface area contributed by atoms with Crippen LogP contribution in [0.3, 0.4) is 0 Å². The van der Waals surface area contributed by atoms with E-state index in [9.17, 15) is 14.4 Å². The third kappa shape index (κ3) is 2.23. The van der Waals surface area contributed by atoms with E-state index in [1.54, 1.807) is 39.0 Å². The van der Waals surface area contributed by atoms with Crippen LogP contribution in [0.1, 0.15) is 41.5 Å². The van der Waals surface area contributed by atoms with Gasteiger partial charge >= 0.3 is 0 Å². The Morgan fingerprint density at radius 2 is 1.68 bits per heavy atom. The lowest BCUT2D eigenvalue weighted by Crippen LogP contribution is -2.27. The molecule has 2 rings (SSSR count). The molecule has 0 saturated carbocycles. The predicted molar refractivity (Wildman–Crippen MR) is 71.0 cm³/mol. The first kappa shape index (κ1) is 13.3. The normalized spacial score (nSPS) is 14.6. The number of benzene rings is 1. The number of hydrogen-bond donors (Lipinski definition) is 1. The Labute approximate surface area is 111 Å². The smallest absolute Gasteiger partial charge is 0.261 e. The topological polar surface area (TPSA) is 66.5 Å². The van der Waals surface area contributed by atoms with Crippen molar-refractivity contribution in [1.82, 2.24) is 4.90 Å². The molecule has 1 aromatic rings. The zero-order valence-corrected chi connectivity index (χ0v) is 11.4. The van der Waals surface area contributed by atoms with Crippen molar-refractivity contribution in [2.24, 2.45) is 5.41 Å². The maximum absolute atomic E-state index is 11.9. The average molecular weight is 260 g/mol. The summed E-state index contributed by atoms with van der Waals surface area (Å²) in [6.45, 7) is 5.41. The number of nitrogens with zero attached hydrogens (tertiary/aromatic N) is 1. The van der Waals surface area contributed by atoms with E-state index < -0.39 is 5.41 Å². The van der Waals surface area contributed by atoms with E-state index in [2.05, 4.69) is 5.32 Å². The van der Waals surface area contributed by atoms with Crippen LogP contribution in [-0.2, 0) is 4.79 Å².